The first-order valence-corrected chi connectivity index (χ1v) is 10.6. The molecular formula is C23H26F3N3O3. The zero-order valence-corrected chi connectivity index (χ0v) is 17.8. The Morgan fingerprint density at radius 2 is 1.75 bits per heavy atom. The fourth-order valence-electron chi connectivity index (χ4n) is 3.95. The van der Waals surface area contributed by atoms with Gasteiger partial charge in [0, 0.05) is 31.9 Å². The van der Waals surface area contributed by atoms with Gasteiger partial charge in [-0.15, -0.1) is 0 Å². The Hall–Kier alpha value is -2.94. The first kappa shape index (κ1) is 22.3. The molecule has 1 atom stereocenters. The molecule has 9 heteroatoms. The van der Waals surface area contributed by atoms with E-state index >= 15 is 0 Å². The monoisotopic (exact) mass is 449 g/mol. The molecule has 0 spiro atoms. The number of carbonyl (C=O) groups is 1. The van der Waals surface area contributed by atoms with E-state index in [1.807, 2.05) is 34.9 Å². The van der Waals surface area contributed by atoms with Crippen molar-refractivity contribution < 1.29 is 27.4 Å². The van der Waals surface area contributed by atoms with Crippen LogP contribution >= 0.6 is 0 Å². The van der Waals surface area contributed by atoms with Crippen LogP contribution in [-0.4, -0.2) is 56.7 Å². The molecule has 1 N–H and O–H groups in total. The van der Waals surface area contributed by atoms with E-state index in [-0.39, 0.29) is 18.5 Å². The number of carbonyl (C=O) groups excluding carboxylic acids is 1. The second-order valence-corrected chi connectivity index (χ2v) is 8.00. The van der Waals surface area contributed by atoms with Crippen molar-refractivity contribution in [1.82, 2.24) is 10.2 Å². The predicted octanol–water partition coefficient (Wildman–Crippen LogP) is 3.48. The summed E-state index contributed by atoms with van der Waals surface area (Å²) in [5.74, 6) is 1.29. The van der Waals surface area contributed by atoms with Gasteiger partial charge < -0.3 is 19.7 Å². The Bertz CT molecular complexity index is 959. The van der Waals surface area contributed by atoms with E-state index in [0.29, 0.717) is 56.6 Å². The molecule has 2 aromatic carbocycles. The van der Waals surface area contributed by atoms with Crippen LogP contribution in [0.4, 0.5) is 18.9 Å². The van der Waals surface area contributed by atoms with Crippen LogP contribution in [0.25, 0.3) is 0 Å². The number of alkyl halides is 3. The number of nitrogens with zero attached hydrogens (tertiary/aromatic N) is 2. The van der Waals surface area contributed by atoms with Crippen molar-refractivity contribution in [3.05, 3.63) is 53.6 Å². The lowest BCUT2D eigenvalue weighted by Gasteiger charge is -2.36. The average molecular weight is 449 g/mol. The molecular weight excluding hydrogens is 423 g/mol. The van der Waals surface area contributed by atoms with Gasteiger partial charge in [0.1, 0.15) is 13.2 Å². The van der Waals surface area contributed by atoms with Crippen molar-refractivity contribution in [3.8, 4) is 11.5 Å². The summed E-state index contributed by atoms with van der Waals surface area (Å²) in [5.41, 5.74) is 0.832. The Balaban J connectivity index is 1.27. The van der Waals surface area contributed by atoms with Gasteiger partial charge in [-0.2, -0.15) is 13.2 Å². The van der Waals surface area contributed by atoms with E-state index in [0.717, 1.165) is 11.6 Å². The van der Waals surface area contributed by atoms with E-state index in [1.54, 1.807) is 6.07 Å². The fourth-order valence-corrected chi connectivity index (χ4v) is 3.95. The third-order valence-corrected chi connectivity index (χ3v) is 5.72. The molecule has 6 nitrogen and oxygen atoms in total. The molecule has 0 aromatic heterocycles. The first-order valence-electron chi connectivity index (χ1n) is 10.6. The van der Waals surface area contributed by atoms with Crippen molar-refractivity contribution >= 4 is 11.6 Å². The van der Waals surface area contributed by atoms with E-state index in [1.165, 1.54) is 12.1 Å². The zero-order chi connectivity index (χ0) is 22.7. The summed E-state index contributed by atoms with van der Waals surface area (Å²) < 4.78 is 50.0. The van der Waals surface area contributed by atoms with Gasteiger partial charge in [-0.3, -0.25) is 9.69 Å². The molecule has 2 aliphatic heterocycles. The maximum absolute atomic E-state index is 13.0. The highest BCUT2D eigenvalue weighted by Crippen LogP contribution is 2.33. The summed E-state index contributed by atoms with van der Waals surface area (Å²) in [5, 5.41) is 3.00. The Morgan fingerprint density at radius 1 is 1.03 bits per heavy atom. The van der Waals surface area contributed by atoms with Crippen molar-refractivity contribution in [1.29, 1.82) is 0 Å². The number of benzene rings is 2. The molecule has 172 valence electrons. The largest absolute Gasteiger partial charge is 0.486 e. The maximum atomic E-state index is 13.0. The van der Waals surface area contributed by atoms with Gasteiger partial charge in [0.2, 0.25) is 5.91 Å². The van der Waals surface area contributed by atoms with Crippen LogP contribution in [0.3, 0.4) is 0 Å². The van der Waals surface area contributed by atoms with Crippen LogP contribution in [0.5, 0.6) is 11.5 Å². The normalized spacial score (nSPS) is 17.7. The van der Waals surface area contributed by atoms with Gasteiger partial charge in [0.05, 0.1) is 18.2 Å². The van der Waals surface area contributed by atoms with Gasteiger partial charge in [-0.25, -0.2) is 0 Å². The third-order valence-electron chi connectivity index (χ3n) is 5.72. The molecule has 0 radical (unpaired) electrons. The van der Waals surface area contributed by atoms with Crippen LogP contribution in [0.1, 0.15) is 24.1 Å². The van der Waals surface area contributed by atoms with Gasteiger partial charge in [0.25, 0.3) is 0 Å². The molecule has 2 heterocycles. The average Bonchev–Trinajstić information content (AvgIpc) is 2.78. The minimum Gasteiger partial charge on any atom is -0.486 e. The highest BCUT2D eigenvalue weighted by molar-refractivity contribution is 5.78. The first-order chi connectivity index (χ1) is 15.3. The molecule has 0 saturated carbocycles. The minimum absolute atomic E-state index is 0.0973. The molecule has 2 aromatic rings. The molecule has 1 unspecified atom stereocenters. The number of piperazine rings is 1. The summed E-state index contributed by atoms with van der Waals surface area (Å²) in [6.45, 7) is 5.51. The number of ether oxygens (including phenoxy) is 2. The number of hydrogen-bond acceptors (Lipinski definition) is 5. The van der Waals surface area contributed by atoms with Crippen LogP contribution < -0.4 is 19.7 Å². The quantitative estimate of drug-likeness (QED) is 0.758. The SMILES string of the molecule is CC(NC(=O)CN1CCN(c2cccc(C(F)(F)F)c2)CC1)c1ccc2c(c1)OCCO2. The van der Waals surface area contributed by atoms with E-state index in [2.05, 4.69) is 5.32 Å². The molecule has 1 fully saturated rings. The van der Waals surface area contributed by atoms with Crippen molar-refractivity contribution in [2.75, 3.05) is 50.8 Å². The Morgan fingerprint density at radius 3 is 2.47 bits per heavy atom. The molecule has 2 aliphatic rings. The van der Waals surface area contributed by atoms with Gasteiger partial charge in [0.15, 0.2) is 11.5 Å². The van der Waals surface area contributed by atoms with Crippen LogP contribution in [-0.2, 0) is 11.0 Å². The van der Waals surface area contributed by atoms with Gasteiger partial charge in [-0.05, 0) is 42.8 Å². The maximum Gasteiger partial charge on any atom is 0.416 e. The van der Waals surface area contributed by atoms with Crippen LogP contribution in [0.2, 0.25) is 0 Å². The molecule has 32 heavy (non-hydrogen) atoms. The standard InChI is InChI=1S/C23H26F3N3O3/c1-16(17-5-6-20-21(13-17)32-12-11-31-20)27-22(30)15-28-7-9-29(10-8-28)19-4-2-3-18(14-19)23(24,25)26/h2-6,13-14,16H,7-12,15H2,1H3,(H,27,30). The minimum atomic E-state index is -4.36. The number of nitrogens with one attached hydrogen (secondary N) is 1. The molecule has 0 aliphatic carbocycles. The van der Waals surface area contributed by atoms with Gasteiger partial charge >= 0.3 is 6.18 Å². The molecule has 4 rings (SSSR count). The lowest BCUT2D eigenvalue weighted by atomic mass is 10.1. The second kappa shape index (κ2) is 9.28. The number of rotatable bonds is 5. The van der Waals surface area contributed by atoms with Crippen LogP contribution in [0, 0.1) is 0 Å². The zero-order valence-electron chi connectivity index (χ0n) is 17.8. The topological polar surface area (TPSA) is 54.0 Å². The van der Waals surface area contributed by atoms with Crippen LogP contribution in [0.15, 0.2) is 42.5 Å². The number of anilines is 1. The molecule has 1 amide bonds. The third kappa shape index (κ3) is 5.27. The highest BCUT2D eigenvalue weighted by atomic mass is 19.4. The number of hydrogen-bond donors (Lipinski definition) is 1. The highest BCUT2D eigenvalue weighted by Gasteiger charge is 2.31. The van der Waals surface area contributed by atoms with Gasteiger partial charge in [-0.1, -0.05) is 12.1 Å². The Kier molecular flexibility index (Phi) is 6.45. The van der Waals surface area contributed by atoms with E-state index in [9.17, 15) is 18.0 Å². The van der Waals surface area contributed by atoms with E-state index < -0.39 is 11.7 Å². The summed E-state index contributed by atoms with van der Waals surface area (Å²) in [7, 11) is 0. The summed E-state index contributed by atoms with van der Waals surface area (Å²) in [6, 6.07) is 10.8. The van der Waals surface area contributed by atoms with Crippen molar-refractivity contribution in [3.63, 3.8) is 0 Å². The predicted molar refractivity (Wildman–Crippen MR) is 114 cm³/mol. The molecule has 1 saturated heterocycles. The smallest absolute Gasteiger partial charge is 0.416 e. The summed E-state index contributed by atoms with van der Waals surface area (Å²) in [4.78, 5) is 16.5. The Labute approximate surface area is 184 Å². The lowest BCUT2D eigenvalue weighted by molar-refractivity contribution is -0.137. The fraction of sp³-hybridized carbons (Fsp3) is 0.435. The summed E-state index contributed by atoms with van der Waals surface area (Å²) >= 11 is 0. The lowest BCUT2D eigenvalue weighted by Crippen LogP contribution is -2.49. The van der Waals surface area contributed by atoms with E-state index in [4.69, 9.17) is 9.47 Å². The van der Waals surface area contributed by atoms with Crippen molar-refractivity contribution in [2.45, 2.75) is 19.1 Å². The van der Waals surface area contributed by atoms with Crippen molar-refractivity contribution in [2.24, 2.45) is 0 Å². The molecule has 0 bridgehead atoms. The number of halogens is 3. The summed E-state index contributed by atoms with van der Waals surface area (Å²) in [6.07, 6.45) is -4.36. The number of amides is 1. The number of fused-ring (bicyclic) bond motifs is 1. The second-order valence-electron chi connectivity index (χ2n) is 8.00.